The van der Waals surface area contributed by atoms with Crippen LogP contribution in [0.4, 0.5) is 56.9 Å². The summed E-state index contributed by atoms with van der Waals surface area (Å²) >= 11 is 1.93. The van der Waals surface area contributed by atoms with E-state index in [9.17, 15) is 0 Å². The summed E-state index contributed by atoms with van der Waals surface area (Å²) in [7, 11) is 0. The molecule has 0 spiro atoms. The number of thiophene rings is 1. The third-order valence-corrected chi connectivity index (χ3v) is 33.0. The van der Waals surface area contributed by atoms with E-state index < -0.39 is 0 Å². The Hall–Kier alpha value is -11.4. The molecule has 24 rings (SSSR count). The molecule has 0 atom stereocenters. The van der Waals surface area contributed by atoms with Crippen molar-refractivity contribution >= 4 is 124 Å². The molecule has 0 amide bonds. The molecule has 3 aliphatic carbocycles. The number of nitrogens with zero attached hydrogens (tertiary/aromatic N) is 4. The Kier molecular flexibility index (Phi) is 15.0. The van der Waals surface area contributed by atoms with Crippen LogP contribution in [0.3, 0.4) is 0 Å². The lowest BCUT2D eigenvalue weighted by atomic mass is 9.42. The van der Waals surface area contributed by atoms with Crippen LogP contribution in [0.1, 0.15) is 205 Å². The Bertz CT molecular complexity index is 7070. The van der Waals surface area contributed by atoms with Gasteiger partial charge < -0.3 is 19.4 Å². The van der Waals surface area contributed by atoms with E-state index in [-0.39, 0.29) is 57.0 Å². The van der Waals surface area contributed by atoms with E-state index in [2.05, 4.69) is 397 Å². The summed E-state index contributed by atoms with van der Waals surface area (Å²) in [5, 5.41) is 2.61. The van der Waals surface area contributed by atoms with Gasteiger partial charge in [-0.2, -0.15) is 0 Å². The fourth-order valence-corrected chi connectivity index (χ4v) is 25.6. The van der Waals surface area contributed by atoms with Gasteiger partial charge in [-0.25, -0.2) is 0 Å². The minimum absolute atomic E-state index is 0.00820. The normalized spacial score (nSPS) is 18.6. The molecule has 4 nitrogen and oxygen atoms in total. The van der Waals surface area contributed by atoms with Crippen LogP contribution in [-0.4, -0.2) is 13.7 Å². The van der Waals surface area contributed by atoms with Gasteiger partial charge in [0.25, 0.3) is 0 Å². The van der Waals surface area contributed by atoms with E-state index in [0.29, 0.717) is 0 Å². The van der Waals surface area contributed by atoms with Gasteiger partial charge in [0, 0.05) is 82.9 Å². The van der Waals surface area contributed by atoms with Gasteiger partial charge in [0.05, 0.1) is 16.1 Å². The van der Waals surface area contributed by atoms with Crippen LogP contribution in [-0.2, 0) is 43.3 Å². The topological polar surface area (TPSA) is 13.0 Å². The van der Waals surface area contributed by atoms with Gasteiger partial charge in [-0.15, -0.1) is 11.3 Å². The van der Waals surface area contributed by atoms with Crippen LogP contribution < -0.4 is 41.3 Å². The summed E-state index contributed by atoms with van der Waals surface area (Å²) in [5.41, 5.74) is 47.0. The SMILES string of the molecule is CC1(C)CCC(C)(C)c2cc3c(cc21)-c1cc(-c2ccccc2)cc2c1B(c1cccc4c1N2c1cc2c(cc1C4(C)C)C(C)(C)CCC2(C)C)N3c1ccc(-c2cccc(-c3cc4c5c(c3)N3c6cc7c(cc6C(C)(C)c6cccc(c63)B5N(c3cccc5c3sc3ccccc35)c3cc(-c5ccccc5)ccc3-4)C(C)(C)CCC7(C)C)c2)cc1. The number of hydrogen-bond donors (Lipinski definition) is 0. The number of para-hydroxylation sites is 2. The summed E-state index contributed by atoms with van der Waals surface area (Å²) in [6.07, 6.45) is 6.90. The first-order valence-electron chi connectivity index (χ1n) is 44.7. The zero-order valence-electron chi connectivity index (χ0n) is 73.0. The number of rotatable bonds is 6. The van der Waals surface area contributed by atoms with Gasteiger partial charge in [0.1, 0.15) is 0 Å². The maximum Gasteiger partial charge on any atom is 0.333 e. The average molecular weight is 1580 g/mol. The molecule has 0 fully saturated rings. The van der Waals surface area contributed by atoms with E-state index in [4.69, 9.17) is 0 Å². The molecule has 0 bridgehead atoms. The van der Waals surface area contributed by atoms with Crippen molar-refractivity contribution in [3.05, 3.63) is 323 Å². The molecule has 7 heterocycles. The zero-order valence-corrected chi connectivity index (χ0v) is 73.8. The fourth-order valence-electron chi connectivity index (χ4n) is 24.4. The molecule has 7 heteroatoms. The minimum atomic E-state index is -0.321. The highest BCUT2D eigenvalue weighted by atomic mass is 32.1. The second-order valence-electron chi connectivity index (χ2n) is 42.3. The van der Waals surface area contributed by atoms with Gasteiger partial charge in [-0.1, -0.05) is 293 Å². The van der Waals surface area contributed by atoms with Crippen LogP contribution in [0.2, 0.25) is 0 Å². The molecule has 1 aromatic heterocycles. The Morgan fingerprint density at radius 2 is 0.636 bits per heavy atom. The molecule has 0 saturated heterocycles. The zero-order chi connectivity index (χ0) is 82.6. The highest BCUT2D eigenvalue weighted by Gasteiger charge is 2.55. The summed E-state index contributed by atoms with van der Waals surface area (Å²) < 4.78 is 2.62. The Labute approximate surface area is 720 Å². The van der Waals surface area contributed by atoms with Crippen molar-refractivity contribution in [2.24, 2.45) is 0 Å². The lowest BCUT2D eigenvalue weighted by molar-refractivity contribution is 0.331. The highest BCUT2D eigenvalue weighted by molar-refractivity contribution is 7.26. The Morgan fingerprint density at radius 3 is 1.18 bits per heavy atom. The molecule has 0 saturated carbocycles. The van der Waals surface area contributed by atoms with Gasteiger partial charge in [0.15, 0.2) is 0 Å². The number of hydrogen-bond acceptors (Lipinski definition) is 5. The number of anilines is 10. The second kappa shape index (κ2) is 24.7. The first kappa shape index (κ1) is 73.5. The van der Waals surface area contributed by atoms with Crippen molar-refractivity contribution < 1.29 is 0 Å². The molecular formula is C114H104B2N4S. The third-order valence-electron chi connectivity index (χ3n) is 31.7. The molecule has 15 aromatic rings. The summed E-state index contributed by atoms with van der Waals surface area (Å²) in [5.74, 6) is 0. The summed E-state index contributed by atoms with van der Waals surface area (Å²) in [4.78, 5) is 11.1. The maximum atomic E-state index is 2.80. The van der Waals surface area contributed by atoms with Crippen LogP contribution >= 0.6 is 11.3 Å². The van der Waals surface area contributed by atoms with E-state index in [1.807, 2.05) is 11.3 Å². The molecule has 121 heavy (non-hydrogen) atoms. The molecular weight excluding hydrogens is 1480 g/mol. The first-order valence-corrected chi connectivity index (χ1v) is 45.5. The average Bonchev–Trinajstić information content (AvgIpc) is 0.834. The van der Waals surface area contributed by atoms with Crippen molar-refractivity contribution in [2.75, 3.05) is 19.4 Å². The highest BCUT2D eigenvalue weighted by Crippen LogP contribution is 2.63. The fraction of sp³-hybridized carbons (Fsp3) is 0.263. The van der Waals surface area contributed by atoms with E-state index >= 15 is 0 Å². The van der Waals surface area contributed by atoms with Crippen molar-refractivity contribution in [3.63, 3.8) is 0 Å². The van der Waals surface area contributed by atoms with Crippen LogP contribution in [0.5, 0.6) is 0 Å². The predicted octanol–water partition coefficient (Wildman–Crippen LogP) is 28.5. The smallest absolute Gasteiger partial charge is 0.333 e. The molecule has 0 N–H and O–H groups in total. The maximum absolute atomic E-state index is 2.80. The third kappa shape index (κ3) is 10.2. The van der Waals surface area contributed by atoms with Crippen LogP contribution in [0.15, 0.2) is 267 Å². The minimum Gasteiger partial charge on any atom is -0.376 e. The lowest BCUT2D eigenvalue weighted by Crippen LogP contribution is -2.62. The van der Waals surface area contributed by atoms with Crippen molar-refractivity contribution in [1.29, 1.82) is 0 Å². The lowest BCUT2D eigenvalue weighted by Gasteiger charge is -2.52. The Morgan fingerprint density at radius 1 is 0.248 bits per heavy atom. The molecule has 592 valence electrons. The predicted molar refractivity (Wildman–Crippen MR) is 519 cm³/mol. The van der Waals surface area contributed by atoms with Crippen molar-refractivity contribution in [1.82, 2.24) is 0 Å². The van der Waals surface area contributed by atoms with Crippen molar-refractivity contribution in [2.45, 2.75) is 193 Å². The molecule has 9 aliphatic rings. The van der Waals surface area contributed by atoms with Gasteiger partial charge in [-0.05, 0) is 289 Å². The van der Waals surface area contributed by atoms with E-state index in [1.165, 1.54) is 228 Å². The largest absolute Gasteiger partial charge is 0.376 e. The Balaban J connectivity index is 0.710. The second-order valence-corrected chi connectivity index (χ2v) is 43.3. The van der Waals surface area contributed by atoms with E-state index in [1.54, 1.807) is 0 Å². The monoisotopic (exact) mass is 1580 g/mol. The molecule has 0 radical (unpaired) electrons. The quantitative estimate of drug-likeness (QED) is 0.154. The number of benzene rings is 14. The molecule has 0 unspecified atom stereocenters. The van der Waals surface area contributed by atoms with E-state index in [0.717, 1.165) is 32.1 Å². The number of fused-ring (bicyclic) bond motifs is 18. The van der Waals surface area contributed by atoms with Gasteiger partial charge >= 0.3 is 13.7 Å². The summed E-state index contributed by atoms with van der Waals surface area (Å²) in [6.45, 7) is 39.7. The molecule has 14 aromatic carbocycles. The van der Waals surface area contributed by atoms with Crippen LogP contribution in [0.25, 0.3) is 86.9 Å². The standard InChI is InChI=1S/C114H104B2N4S/c1-107(2)49-52-110(7,8)87-64-96-79(61-84(87)107)81-56-73(68-31-21-18-22-32-68)59-99-103(81)115(92-39-27-37-82-104(92)117(99)97-65-88-85(62-90(97)113(82,13)14)108(3,4)50-53-111(88,9)10)119(96)75-46-43-69(44-47-75)70-33-25-34-71(55-70)74-57-80-76-48-45-72(67-29-19-17-20-30-67)58-95(76)120(94-41-26-36-78-77-35-23-24-42-101(77)121-106(78)94)116-93-40-28-38-83-105(93)118(100(60-74)102(80)116)98-66-89-86(63-91(98)114(83,15)16)109(5,6)51-54-112(89,11)12/h17-48,55-66H,49-54H2,1-16H3. The van der Waals surface area contributed by atoms with Gasteiger partial charge in [0.2, 0.25) is 0 Å². The molecule has 6 aliphatic heterocycles. The van der Waals surface area contributed by atoms with Crippen molar-refractivity contribution in [3.8, 4) is 66.8 Å². The van der Waals surface area contributed by atoms with Gasteiger partial charge in [-0.3, -0.25) is 0 Å². The first-order chi connectivity index (χ1) is 58.0. The van der Waals surface area contributed by atoms with Crippen LogP contribution in [0, 0.1) is 0 Å². The summed E-state index contributed by atoms with van der Waals surface area (Å²) in [6, 6.07) is 106.